The number of rotatable bonds is 5. The Morgan fingerprint density at radius 3 is 2.58 bits per heavy atom. The fraction of sp³-hybridized carbons (Fsp3) is 0.619. The van der Waals surface area contributed by atoms with Crippen molar-refractivity contribution in [3.63, 3.8) is 0 Å². The first kappa shape index (κ1) is 23.3. The van der Waals surface area contributed by atoms with E-state index in [9.17, 15) is 23.1 Å². The summed E-state index contributed by atoms with van der Waals surface area (Å²) in [4.78, 5) is 27.1. The highest BCUT2D eigenvalue weighted by molar-refractivity contribution is 7.90. The predicted molar refractivity (Wildman–Crippen MR) is 114 cm³/mol. The molecule has 2 heterocycles. The summed E-state index contributed by atoms with van der Waals surface area (Å²) in [7, 11) is -3.36. The van der Waals surface area contributed by atoms with Gasteiger partial charge in [-0.05, 0) is 63.8 Å². The van der Waals surface area contributed by atoms with Crippen molar-refractivity contribution in [2.24, 2.45) is 0 Å². The zero-order valence-corrected chi connectivity index (χ0v) is 19.1. The van der Waals surface area contributed by atoms with Crippen LogP contribution < -0.4 is 4.90 Å². The van der Waals surface area contributed by atoms with Crippen LogP contribution in [0.15, 0.2) is 23.1 Å². The van der Waals surface area contributed by atoms with Crippen LogP contribution in [0.5, 0.6) is 0 Å². The van der Waals surface area contributed by atoms with E-state index in [2.05, 4.69) is 0 Å². The van der Waals surface area contributed by atoms with Gasteiger partial charge in [0.1, 0.15) is 5.60 Å². The molecule has 9 nitrogen and oxygen atoms in total. The predicted octanol–water partition coefficient (Wildman–Crippen LogP) is 2.92. The lowest BCUT2D eigenvalue weighted by molar-refractivity contribution is 0.0203. The highest BCUT2D eigenvalue weighted by Crippen LogP contribution is 2.35. The quantitative estimate of drug-likeness (QED) is 0.728. The van der Waals surface area contributed by atoms with E-state index in [1.807, 2.05) is 20.8 Å². The Morgan fingerprint density at radius 2 is 1.97 bits per heavy atom. The van der Waals surface area contributed by atoms with Crippen LogP contribution in [0.25, 0.3) is 0 Å². The highest BCUT2D eigenvalue weighted by Gasteiger charge is 2.35. The van der Waals surface area contributed by atoms with E-state index < -0.39 is 21.5 Å². The van der Waals surface area contributed by atoms with Gasteiger partial charge in [0.25, 0.3) is 0 Å². The number of carboxylic acid groups (broad SMARTS) is 1. The van der Waals surface area contributed by atoms with Crippen molar-refractivity contribution >= 4 is 27.7 Å². The third kappa shape index (κ3) is 5.68. The molecule has 1 aromatic rings. The summed E-state index contributed by atoms with van der Waals surface area (Å²) in [5.74, 6) is 0. The molecule has 10 heteroatoms. The molecule has 0 spiro atoms. The van der Waals surface area contributed by atoms with Gasteiger partial charge in [-0.15, -0.1) is 0 Å². The van der Waals surface area contributed by atoms with E-state index in [4.69, 9.17) is 9.47 Å². The molecule has 2 atom stereocenters. The molecule has 0 saturated carbocycles. The molecule has 31 heavy (non-hydrogen) atoms. The Morgan fingerprint density at radius 1 is 1.26 bits per heavy atom. The first-order chi connectivity index (χ1) is 14.3. The number of sulfone groups is 1. The molecular weight excluding hydrogens is 424 g/mol. The number of likely N-dealkylation sites (tertiary alicyclic amines) is 1. The third-order valence-corrected chi connectivity index (χ3v) is 6.48. The molecular formula is C21H30N2O7S. The van der Waals surface area contributed by atoms with Gasteiger partial charge in [-0.2, -0.15) is 0 Å². The summed E-state index contributed by atoms with van der Waals surface area (Å²) in [6.45, 7) is 6.81. The van der Waals surface area contributed by atoms with Crippen molar-refractivity contribution in [2.75, 3.05) is 30.9 Å². The monoisotopic (exact) mass is 454 g/mol. The van der Waals surface area contributed by atoms with E-state index in [1.54, 1.807) is 17.0 Å². The Labute approximate surface area is 182 Å². The van der Waals surface area contributed by atoms with Crippen LogP contribution in [0.2, 0.25) is 0 Å². The average Bonchev–Trinajstić information content (AvgIpc) is 3.23. The number of ether oxygens (including phenoxy) is 2. The first-order valence-electron chi connectivity index (χ1n) is 10.3. The van der Waals surface area contributed by atoms with Crippen LogP contribution >= 0.6 is 0 Å². The normalized spacial score (nSPS) is 21.3. The Balaban J connectivity index is 1.56. The zero-order chi connectivity index (χ0) is 23.0. The van der Waals surface area contributed by atoms with Crippen molar-refractivity contribution in [3.8, 4) is 0 Å². The van der Waals surface area contributed by atoms with Crippen molar-refractivity contribution in [1.29, 1.82) is 0 Å². The maximum atomic E-state index is 12.2. The van der Waals surface area contributed by atoms with Crippen LogP contribution in [-0.4, -0.2) is 74.3 Å². The zero-order valence-electron chi connectivity index (χ0n) is 18.3. The number of carbonyl (C=O) groups excluding carboxylic acids is 1. The summed E-state index contributed by atoms with van der Waals surface area (Å²) < 4.78 is 34.9. The minimum Gasteiger partial charge on any atom is -0.465 e. The van der Waals surface area contributed by atoms with E-state index in [0.29, 0.717) is 50.2 Å². The number of fused-ring (bicyclic) bond motifs is 1. The second kappa shape index (κ2) is 8.66. The maximum absolute atomic E-state index is 12.2. The van der Waals surface area contributed by atoms with Gasteiger partial charge in [0, 0.05) is 25.4 Å². The molecule has 2 aliphatic rings. The SMILES string of the molecule is CC(C)(C)OC(=O)N1CC[C@@H](OCCC2Cc3cc(S(C)(=O)=O)ccc3N2C(=O)O)C1. The van der Waals surface area contributed by atoms with Gasteiger partial charge >= 0.3 is 12.2 Å². The molecule has 1 saturated heterocycles. The van der Waals surface area contributed by atoms with E-state index >= 15 is 0 Å². The molecule has 0 aromatic heterocycles. The van der Waals surface area contributed by atoms with Crippen LogP contribution in [0.1, 0.15) is 39.2 Å². The van der Waals surface area contributed by atoms with Gasteiger partial charge in [0.2, 0.25) is 0 Å². The Bertz CT molecular complexity index is 955. The summed E-state index contributed by atoms with van der Waals surface area (Å²) >= 11 is 0. The second-order valence-electron chi connectivity index (χ2n) is 9.07. The maximum Gasteiger partial charge on any atom is 0.412 e. The van der Waals surface area contributed by atoms with Crippen molar-refractivity contribution in [3.05, 3.63) is 23.8 Å². The van der Waals surface area contributed by atoms with Crippen LogP contribution in [-0.2, 0) is 25.7 Å². The number of carbonyl (C=O) groups is 2. The fourth-order valence-corrected chi connectivity index (χ4v) is 4.62. The lowest BCUT2D eigenvalue weighted by Gasteiger charge is -2.25. The number of anilines is 1. The molecule has 1 unspecified atom stereocenters. The van der Waals surface area contributed by atoms with Crippen molar-refractivity contribution in [1.82, 2.24) is 4.90 Å². The molecule has 1 fully saturated rings. The summed E-state index contributed by atoms with van der Waals surface area (Å²) in [5.41, 5.74) is 0.666. The van der Waals surface area contributed by atoms with E-state index in [0.717, 1.165) is 6.26 Å². The minimum atomic E-state index is -3.36. The number of benzene rings is 1. The van der Waals surface area contributed by atoms with Gasteiger partial charge in [0.15, 0.2) is 9.84 Å². The smallest absolute Gasteiger partial charge is 0.412 e. The van der Waals surface area contributed by atoms with E-state index in [-0.39, 0.29) is 23.1 Å². The van der Waals surface area contributed by atoms with Gasteiger partial charge in [0.05, 0.1) is 23.2 Å². The molecule has 3 rings (SSSR count). The number of amides is 2. The van der Waals surface area contributed by atoms with Gasteiger partial charge in [-0.1, -0.05) is 0 Å². The Kier molecular flexibility index (Phi) is 6.52. The van der Waals surface area contributed by atoms with Gasteiger partial charge in [-0.25, -0.2) is 18.0 Å². The number of hydrogen-bond donors (Lipinski definition) is 1. The molecule has 2 amide bonds. The van der Waals surface area contributed by atoms with Crippen LogP contribution in [0.4, 0.5) is 15.3 Å². The summed E-state index contributed by atoms with van der Waals surface area (Å²) in [6, 6.07) is 4.21. The molecule has 1 N–H and O–H groups in total. The second-order valence-corrected chi connectivity index (χ2v) is 11.1. The summed E-state index contributed by atoms with van der Waals surface area (Å²) in [5, 5.41) is 9.67. The topological polar surface area (TPSA) is 113 Å². The standard InChI is InChI=1S/C21H30N2O7S/c1-21(2,3)30-20(26)22-9-7-16(13-22)29-10-8-15-11-14-12-17(31(4,27)28)5-6-18(14)23(15)19(24)25/h5-6,12,15-16H,7-11,13H2,1-4H3,(H,24,25)/t15?,16-/m1/s1. The van der Waals surface area contributed by atoms with Gasteiger partial charge in [-0.3, -0.25) is 4.90 Å². The minimum absolute atomic E-state index is 0.119. The van der Waals surface area contributed by atoms with E-state index in [1.165, 1.54) is 11.0 Å². The lowest BCUT2D eigenvalue weighted by atomic mass is 10.1. The third-order valence-electron chi connectivity index (χ3n) is 5.37. The number of nitrogens with zero attached hydrogens (tertiary/aromatic N) is 2. The highest BCUT2D eigenvalue weighted by atomic mass is 32.2. The van der Waals surface area contributed by atoms with Crippen LogP contribution in [0, 0.1) is 0 Å². The molecule has 2 aliphatic heterocycles. The molecule has 0 radical (unpaired) electrons. The average molecular weight is 455 g/mol. The Hall–Kier alpha value is -2.33. The van der Waals surface area contributed by atoms with Crippen molar-refractivity contribution in [2.45, 2.75) is 62.7 Å². The van der Waals surface area contributed by atoms with Crippen LogP contribution in [0.3, 0.4) is 0 Å². The first-order valence-corrected chi connectivity index (χ1v) is 12.2. The molecule has 0 bridgehead atoms. The fourth-order valence-electron chi connectivity index (χ4n) is 3.95. The molecule has 1 aromatic carbocycles. The lowest BCUT2D eigenvalue weighted by Crippen LogP contribution is -2.38. The largest absolute Gasteiger partial charge is 0.465 e. The number of hydrogen-bond acceptors (Lipinski definition) is 6. The summed E-state index contributed by atoms with van der Waals surface area (Å²) in [6.07, 6.45) is 1.18. The molecule has 172 valence electrons. The molecule has 0 aliphatic carbocycles. The van der Waals surface area contributed by atoms with Crippen molar-refractivity contribution < 1.29 is 32.6 Å². The van der Waals surface area contributed by atoms with Gasteiger partial charge < -0.3 is 19.5 Å².